The number of anilines is 1. The van der Waals surface area contributed by atoms with E-state index in [2.05, 4.69) is 22.2 Å². The zero-order chi connectivity index (χ0) is 12.1. The molecule has 2 rings (SSSR count). The van der Waals surface area contributed by atoms with Crippen molar-refractivity contribution in [3.05, 3.63) is 53.9 Å². The average molecular weight is 227 g/mol. The van der Waals surface area contributed by atoms with Crippen LogP contribution in [0.4, 0.5) is 5.95 Å². The number of aryl methyl sites for hydroxylation is 1. The van der Waals surface area contributed by atoms with E-state index < -0.39 is 0 Å². The standard InChI is InChI=1S/C13H13N3O/c1-2-10-4-6-11(7-5-10)12(17)16-13-14-8-3-9-15-13/h3-9H,2H2,1H3,(H,14,15,16,17). The molecule has 1 aromatic heterocycles. The lowest BCUT2D eigenvalue weighted by Gasteiger charge is -2.03. The van der Waals surface area contributed by atoms with Crippen molar-refractivity contribution < 1.29 is 4.79 Å². The molecule has 0 unspecified atom stereocenters. The smallest absolute Gasteiger partial charge is 0.258 e. The maximum Gasteiger partial charge on any atom is 0.258 e. The van der Waals surface area contributed by atoms with E-state index in [9.17, 15) is 4.79 Å². The molecule has 0 saturated carbocycles. The number of carbonyl (C=O) groups is 1. The number of carbonyl (C=O) groups excluding carboxylic acids is 1. The van der Waals surface area contributed by atoms with Crippen LogP contribution >= 0.6 is 0 Å². The van der Waals surface area contributed by atoms with Crippen LogP contribution in [0.1, 0.15) is 22.8 Å². The van der Waals surface area contributed by atoms with E-state index in [0.717, 1.165) is 6.42 Å². The molecule has 1 amide bonds. The van der Waals surface area contributed by atoms with Gasteiger partial charge in [0.15, 0.2) is 0 Å². The summed E-state index contributed by atoms with van der Waals surface area (Å²) in [5.74, 6) is 0.121. The third-order valence-corrected chi connectivity index (χ3v) is 2.42. The third kappa shape index (κ3) is 2.87. The number of aromatic nitrogens is 2. The maximum atomic E-state index is 11.8. The summed E-state index contributed by atoms with van der Waals surface area (Å²) in [5, 5.41) is 2.63. The highest BCUT2D eigenvalue weighted by Crippen LogP contribution is 2.07. The Balaban J connectivity index is 2.09. The first-order valence-corrected chi connectivity index (χ1v) is 5.47. The van der Waals surface area contributed by atoms with Gasteiger partial charge < -0.3 is 0 Å². The Labute approximate surface area is 99.7 Å². The molecule has 1 aromatic carbocycles. The minimum absolute atomic E-state index is 0.196. The van der Waals surface area contributed by atoms with Crippen LogP contribution in [0.25, 0.3) is 0 Å². The van der Waals surface area contributed by atoms with Gasteiger partial charge in [0.25, 0.3) is 5.91 Å². The normalized spacial score (nSPS) is 9.94. The van der Waals surface area contributed by atoms with Crippen molar-refractivity contribution in [1.29, 1.82) is 0 Å². The van der Waals surface area contributed by atoms with Gasteiger partial charge >= 0.3 is 0 Å². The van der Waals surface area contributed by atoms with Crippen LogP contribution in [0.3, 0.4) is 0 Å². The Hall–Kier alpha value is -2.23. The van der Waals surface area contributed by atoms with Gasteiger partial charge in [-0.2, -0.15) is 0 Å². The molecule has 0 spiro atoms. The first-order chi connectivity index (χ1) is 8.29. The van der Waals surface area contributed by atoms with Crippen molar-refractivity contribution in [2.75, 3.05) is 5.32 Å². The van der Waals surface area contributed by atoms with Gasteiger partial charge in [0, 0.05) is 18.0 Å². The summed E-state index contributed by atoms with van der Waals surface area (Å²) in [5.41, 5.74) is 1.81. The third-order valence-electron chi connectivity index (χ3n) is 2.42. The number of hydrogen-bond acceptors (Lipinski definition) is 3. The minimum atomic E-state index is -0.196. The summed E-state index contributed by atoms with van der Waals surface area (Å²) in [6.07, 6.45) is 4.13. The monoisotopic (exact) mass is 227 g/mol. The van der Waals surface area contributed by atoms with Crippen molar-refractivity contribution in [3.63, 3.8) is 0 Å². The van der Waals surface area contributed by atoms with Gasteiger partial charge in [-0.15, -0.1) is 0 Å². The van der Waals surface area contributed by atoms with Crippen molar-refractivity contribution in [3.8, 4) is 0 Å². The fourth-order valence-electron chi connectivity index (χ4n) is 1.43. The molecule has 0 saturated heterocycles. The molecule has 0 radical (unpaired) electrons. The van der Waals surface area contributed by atoms with Crippen LogP contribution in [-0.2, 0) is 6.42 Å². The fourth-order valence-corrected chi connectivity index (χ4v) is 1.43. The zero-order valence-corrected chi connectivity index (χ0v) is 9.55. The van der Waals surface area contributed by atoms with Crippen LogP contribution in [-0.4, -0.2) is 15.9 Å². The minimum Gasteiger partial charge on any atom is -0.290 e. The maximum absolute atomic E-state index is 11.8. The predicted molar refractivity (Wildman–Crippen MR) is 65.8 cm³/mol. The summed E-state index contributed by atoms with van der Waals surface area (Å²) in [6, 6.07) is 9.20. The molecule has 0 fully saturated rings. The predicted octanol–water partition coefficient (Wildman–Crippen LogP) is 2.29. The van der Waals surface area contributed by atoms with Crippen molar-refractivity contribution in [1.82, 2.24) is 9.97 Å². The van der Waals surface area contributed by atoms with Gasteiger partial charge in [-0.1, -0.05) is 19.1 Å². The average Bonchev–Trinajstić information content (AvgIpc) is 2.40. The molecule has 17 heavy (non-hydrogen) atoms. The van der Waals surface area contributed by atoms with Crippen LogP contribution in [0.5, 0.6) is 0 Å². The molecule has 0 aliphatic rings. The molecule has 4 nitrogen and oxygen atoms in total. The van der Waals surface area contributed by atoms with E-state index in [-0.39, 0.29) is 5.91 Å². The Morgan fingerprint density at radius 2 is 1.82 bits per heavy atom. The number of benzene rings is 1. The summed E-state index contributed by atoms with van der Waals surface area (Å²) in [4.78, 5) is 19.7. The van der Waals surface area contributed by atoms with Crippen molar-refractivity contribution >= 4 is 11.9 Å². The zero-order valence-electron chi connectivity index (χ0n) is 9.55. The van der Waals surface area contributed by atoms with E-state index in [1.165, 1.54) is 5.56 Å². The second-order valence-electron chi connectivity index (χ2n) is 3.58. The van der Waals surface area contributed by atoms with E-state index in [1.807, 2.05) is 12.1 Å². The lowest BCUT2D eigenvalue weighted by Crippen LogP contribution is -2.13. The Bertz CT molecular complexity index is 494. The molecule has 0 bridgehead atoms. The largest absolute Gasteiger partial charge is 0.290 e. The first-order valence-electron chi connectivity index (χ1n) is 5.47. The van der Waals surface area contributed by atoms with Crippen molar-refractivity contribution in [2.45, 2.75) is 13.3 Å². The number of nitrogens with zero attached hydrogens (tertiary/aromatic N) is 2. The van der Waals surface area contributed by atoms with Crippen LogP contribution in [0, 0.1) is 0 Å². The molecule has 0 aliphatic carbocycles. The molecule has 1 heterocycles. The van der Waals surface area contributed by atoms with E-state index in [4.69, 9.17) is 0 Å². The van der Waals surface area contributed by atoms with Gasteiger partial charge in [0.2, 0.25) is 5.95 Å². The molecular weight excluding hydrogens is 214 g/mol. The van der Waals surface area contributed by atoms with Gasteiger partial charge in [-0.3, -0.25) is 10.1 Å². The number of amides is 1. The van der Waals surface area contributed by atoms with Crippen molar-refractivity contribution in [2.24, 2.45) is 0 Å². The Morgan fingerprint density at radius 3 is 2.41 bits per heavy atom. The Morgan fingerprint density at radius 1 is 1.18 bits per heavy atom. The lowest BCUT2D eigenvalue weighted by molar-refractivity contribution is 0.102. The van der Waals surface area contributed by atoms with Gasteiger partial charge in [-0.25, -0.2) is 9.97 Å². The topological polar surface area (TPSA) is 54.9 Å². The van der Waals surface area contributed by atoms with Crippen LogP contribution in [0.15, 0.2) is 42.7 Å². The molecule has 86 valence electrons. The first kappa shape index (κ1) is 11.3. The molecule has 0 atom stereocenters. The molecular formula is C13H13N3O. The van der Waals surface area contributed by atoms with Crippen LogP contribution in [0.2, 0.25) is 0 Å². The lowest BCUT2D eigenvalue weighted by atomic mass is 10.1. The van der Waals surface area contributed by atoms with Gasteiger partial charge in [0.05, 0.1) is 0 Å². The van der Waals surface area contributed by atoms with Crippen LogP contribution < -0.4 is 5.32 Å². The molecule has 0 aliphatic heterocycles. The summed E-state index contributed by atoms with van der Waals surface area (Å²) in [7, 11) is 0. The number of nitrogens with one attached hydrogen (secondary N) is 1. The fraction of sp³-hybridized carbons (Fsp3) is 0.154. The highest BCUT2D eigenvalue weighted by molar-refractivity contribution is 6.03. The summed E-state index contributed by atoms with van der Waals surface area (Å²) >= 11 is 0. The van der Waals surface area contributed by atoms with E-state index in [1.54, 1.807) is 30.6 Å². The highest BCUT2D eigenvalue weighted by atomic mass is 16.1. The highest BCUT2D eigenvalue weighted by Gasteiger charge is 2.06. The summed E-state index contributed by atoms with van der Waals surface area (Å²) < 4.78 is 0. The number of hydrogen-bond donors (Lipinski definition) is 1. The quantitative estimate of drug-likeness (QED) is 0.875. The van der Waals surface area contributed by atoms with E-state index >= 15 is 0 Å². The second kappa shape index (κ2) is 5.21. The summed E-state index contributed by atoms with van der Waals surface area (Å²) in [6.45, 7) is 2.08. The SMILES string of the molecule is CCc1ccc(C(=O)Nc2ncccn2)cc1. The van der Waals surface area contributed by atoms with E-state index in [0.29, 0.717) is 11.5 Å². The van der Waals surface area contributed by atoms with Gasteiger partial charge in [0.1, 0.15) is 0 Å². The van der Waals surface area contributed by atoms with Gasteiger partial charge in [-0.05, 0) is 30.2 Å². The second-order valence-corrected chi connectivity index (χ2v) is 3.58. The number of rotatable bonds is 3. The molecule has 1 N–H and O–H groups in total. The molecule has 4 heteroatoms. The molecule has 2 aromatic rings. The Kier molecular flexibility index (Phi) is 3.45.